The van der Waals surface area contributed by atoms with Gasteiger partial charge in [-0.15, -0.1) is 11.3 Å². The first-order valence-corrected chi connectivity index (χ1v) is 8.65. The molecule has 3 N–H and O–H groups in total. The van der Waals surface area contributed by atoms with Crippen molar-refractivity contribution in [3.63, 3.8) is 0 Å². The molecule has 3 rings (SSSR count). The van der Waals surface area contributed by atoms with E-state index in [2.05, 4.69) is 35.0 Å². The minimum absolute atomic E-state index is 0.277. The van der Waals surface area contributed by atoms with Crippen LogP contribution >= 0.6 is 11.3 Å². The lowest BCUT2D eigenvalue weighted by atomic mass is 9.81. The molecule has 4 nitrogen and oxygen atoms in total. The number of nitrogens with zero attached hydrogens (tertiary/aromatic N) is 2. The second-order valence-electron chi connectivity index (χ2n) is 5.88. The molecule has 0 saturated heterocycles. The number of nitrogens with one attached hydrogen (secondary N) is 1. The summed E-state index contributed by atoms with van der Waals surface area (Å²) in [6.45, 7) is 2.14. The molecule has 0 bridgehead atoms. The molecule has 21 heavy (non-hydrogen) atoms. The number of hydrazine groups is 1. The highest BCUT2D eigenvalue weighted by atomic mass is 32.1. The molecule has 114 valence electrons. The van der Waals surface area contributed by atoms with Crippen LogP contribution in [-0.4, -0.2) is 15.8 Å². The minimum Gasteiger partial charge on any atom is -0.272 e. The van der Waals surface area contributed by atoms with Crippen LogP contribution in [0.1, 0.15) is 47.5 Å². The van der Waals surface area contributed by atoms with Gasteiger partial charge in [-0.3, -0.25) is 16.0 Å². The summed E-state index contributed by atoms with van der Waals surface area (Å²) in [6.07, 6.45) is 5.62. The van der Waals surface area contributed by atoms with E-state index in [4.69, 9.17) is 5.84 Å². The predicted octanol–water partition coefficient (Wildman–Crippen LogP) is 2.54. The summed E-state index contributed by atoms with van der Waals surface area (Å²) in [5.74, 6) is 6.41. The van der Waals surface area contributed by atoms with Gasteiger partial charge in [-0.25, -0.2) is 0 Å². The largest absolute Gasteiger partial charge is 0.272 e. The molecule has 1 aliphatic rings. The van der Waals surface area contributed by atoms with Gasteiger partial charge in [-0.1, -0.05) is 6.92 Å². The highest BCUT2D eigenvalue weighted by Gasteiger charge is 2.28. The van der Waals surface area contributed by atoms with Gasteiger partial charge in [0.25, 0.3) is 0 Å². The number of aryl methyl sites for hydroxylation is 3. The second-order valence-corrected chi connectivity index (χ2v) is 6.88. The van der Waals surface area contributed by atoms with Gasteiger partial charge in [0.1, 0.15) is 0 Å². The smallest absolute Gasteiger partial charge is 0.0624 e. The van der Waals surface area contributed by atoms with Gasteiger partial charge in [0.2, 0.25) is 0 Å². The van der Waals surface area contributed by atoms with E-state index in [9.17, 15) is 0 Å². The number of aromatic nitrogens is 2. The van der Waals surface area contributed by atoms with Crippen molar-refractivity contribution in [2.75, 3.05) is 0 Å². The van der Waals surface area contributed by atoms with Gasteiger partial charge in [0, 0.05) is 36.0 Å². The van der Waals surface area contributed by atoms with E-state index in [1.807, 2.05) is 23.1 Å². The molecule has 0 saturated carbocycles. The molecular weight excluding hydrogens is 280 g/mol. The van der Waals surface area contributed by atoms with Crippen LogP contribution in [0.3, 0.4) is 0 Å². The fourth-order valence-electron chi connectivity index (χ4n) is 3.42. The average Bonchev–Trinajstić information content (AvgIpc) is 3.11. The van der Waals surface area contributed by atoms with E-state index in [1.165, 1.54) is 30.5 Å². The van der Waals surface area contributed by atoms with Crippen molar-refractivity contribution in [1.82, 2.24) is 15.2 Å². The van der Waals surface area contributed by atoms with Gasteiger partial charge in [0.05, 0.1) is 5.69 Å². The van der Waals surface area contributed by atoms with Crippen molar-refractivity contribution in [3.8, 4) is 0 Å². The van der Waals surface area contributed by atoms with Gasteiger partial charge >= 0.3 is 0 Å². The molecule has 0 radical (unpaired) electrons. The molecule has 0 fully saturated rings. The average molecular weight is 304 g/mol. The molecule has 1 aliphatic carbocycles. The maximum absolute atomic E-state index is 5.89. The van der Waals surface area contributed by atoms with Crippen LogP contribution in [0.15, 0.2) is 17.5 Å². The highest BCUT2D eigenvalue weighted by Crippen LogP contribution is 2.37. The topological polar surface area (TPSA) is 55.9 Å². The third-order valence-corrected chi connectivity index (χ3v) is 5.61. The van der Waals surface area contributed by atoms with Crippen LogP contribution in [0.4, 0.5) is 0 Å². The molecule has 0 aliphatic heterocycles. The van der Waals surface area contributed by atoms with Crippen molar-refractivity contribution in [2.24, 2.45) is 12.9 Å². The van der Waals surface area contributed by atoms with Crippen LogP contribution in [0.25, 0.3) is 0 Å². The van der Waals surface area contributed by atoms with Gasteiger partial charge < -0.3 is 0 Å². The van der Waals surface area contributed by atoms with Crippen LogP contribution < -0.4 is 11.3 Å². The first-order valence-electron chi connectivity index (χ1n) is 7.77. The first kappa shape index (κ1) is 14.8. The van der Waals surface area contributed by atoms with E-state index in [0.29, 0.717) is 5.92 Å². The number of hydrogen-bond acceptors (Lipinski definition) is 4. The van der Waals surface area contributed by atoms with Crippen molar-refractivity contribution in [1.29, 1.82) is 0 Å². The molecule has 0 amide bonds. The van der Waals surface area contributed by atoms with Crippen molar-refractivity contribution >= 4 is 11.3 Å². The molecule has 5 heteroatoms. The van der Waals surface area contributed by atoms with E-state index < -0.39 is 0 Å². The zero-order chi connectivity index (χ0) is 14.8. The number of hydrogen-bond donors (Lipinski definition) is 2. The molecule has 2 unspecified atom stereocenters. The lowest BCUT2D eigenvalue weighted by Crippen LogP contribution is -2.42. The quantitative estimate of drug-likeness (QED) is 0.659. The zero-order valence-corrected chi connectivity index (χ0v) is 13.6. The lowest BCUT2D eigenvalue weighted by molar-refractivity contribution is 0.391. The first-order chi connectivity index (χ1) is 10.2. The third-order valence-electron chi connectivity index (χ3n) is 4.62. The van der Waals surface area contributed by atoms with E-state index >= 15 is 0 Å². The zero-order valence-electron chi connectivity index (χ0n) is 12.8. The molecule has 2 heterocycles. The Morgan fingerprint density at radius 1 is 1.57 bits per heavy atom. The Kier molecular flexibility index (Phi) is 4.42. The summed E-state index contributed by atoms with van der Waals surface area (Å²) in [6, 6.07) is 4.77. The summed E-state index contributed by atoms with van der Waals surface area (Å²) in [4.78, 5) is 1.55. The number of rotatable bonds is 5. The molecule has 2 aromatic heterocycles. The van der Waals surface area contributed by atoms with E-state index in [1.54, 1.807) is 4.88 Å². The van der Waals surface area contributed by atoms with Crippen LogP contribution in [-0.2, 0) is 26.3 Å². The number of nitrogens with two attached hydrogens (primary N) is 1. The second kappa shape index (κ2) is 6.30. The summed E-state index contributed by atoms with van der Waals surface area (Å²) in [5.41, 5.74) is 6.99. The summed E-state index contributed by atoms with van der Waals surface area (Å²) >= 11 is 1.89. The Morgan fingerprint density at radius 2 is 2.43 bits per heavy atom. The van der Waals surface area contributed by atoms with E-state index in [-0.39, 0.29) is 6.04 Å². The highest BCUT2D eigenvalue weighted by molar-refractivity contribution is 7.10. The molecule has 2 aromatic rings. The molecule has 0 aromatic carbocycles. The normalized spacial score (nSPS) is 19.5. The summed E-state index contributed by atoms with van der Waals surface area (Å²) < 4.78 is 2.00. The Morgan fingerprint density at radius 3 is 3.14 bits per heavy atom. The summed E-state index contributed by atoms with van der Waals surface area (Å²) in [5, 5.41) is 6.76. The minimum atomic E-state index is 0.277. The van der Waals surface area contributed by atoms with Crippen molar-refractivity contribution < 1.29 is 0 Å². The van der Waals surface area contributed by atoms with Gasteiger partial charge in [-0.2, -0.15) is 5.10 Å². The Balaban J connectivity index is 1.81. The van der Waals surface area contributed by atoms with Crippen molar-refractivity contribution in [3.05, 3.63) is 39.3 Å². The van der Waals surface area contributed by atoms with Gasteiger partial charge in [-0.05, 0) is 48.8 Å². The van der Waals surface area contributed by atoms with Crippen LogP contribution in [0.5, 0.6) is 0 Å². The third kappa shape index (κ3) is 2.91. The SMILES string of the molecule is CCc1cc(CC(NN)C2CCCc3sccc32)n(C)n1. The maximum atomic E-state index is 5.89. The standard InChI is InChI=1S/C16H24N4S/c1-3-11-9-12(20(2)19-11)10-15(18-17)13-5-4-6-16-14(13)7-8-21-16/h7-9,13,15,18H,3-6,10,17H2,1-2H3. The predicted molar refractivity (Wildman–Crippen MR) is 87.4 cm³/mol. The maximum Gasteiger partial charge on any atom is 0.0624 e. The van der Waals surface area contributed by atoms with Crippen LogP contribution in [0, 0.1) is 0 Å². The Hall–Kier alpha value is -1.17. The number of fused-ring (bicyclic) bond motifs is 1. The summed E-state index contributed by atoms with van der Waals surface area (Å²) in [7, 11) is 2.03. The Labute approximate surface area is 130 Å². The van der Waals surface area contributed by atoms with Crippen LogP contribution in [0.2, 0.25) is 0 Å². The fraction of sp³-hybridized carbons (Fsp3) is 0.562. The monoisotopic (exact) mass is 304 g/mol. The van der Waals surface area contributed by atoms with Gasteiger partial charge in [0.15, 0.2) is 0 Å². The molecular formula is C16H24N4S. The molecule has 2 atom stereocenters. The molecule has 0 spiro atoms. The van der Waals surface area contributed by atoms with Crippen molar-refractivity contribution in [2.45, 2.75) is 51.0 Å². The Bertz CT molecular complexity index is 601. The number of thiophene rings is 1. The lowest BCUT2D eigenvalue weighted by Gasteiger charge is -2.30. The van der Waals surface area contributed by atoms with E-state index in [0.717, 1.165) is 18.5 Å². The fourth-order valence-corrected chi connectivity index (χ4v) is 4.41.